The van der Waals surface area contributed by atoms with E-state index in [9.17, 15) is 4.79 Å². The highest BCUT2D eigenvalue weighted by Gasteiger charge is 2.11. The third-order valence-electron chi connectivity index (χ3n) is 3.46. The molecule has 1 amide bonds. The summed E-state index contributed by atoms with van der Waals surface area (Å²) in [6, 6.07) is 10.8. The van der Waals surface area contributed by atoms with Crippen molar-refractivity contribution in [1.29, 1.82) is 0 Å². The summed E-state index contributed by atoms with van der Waals surface area (Å²) in [4.78, 5) is 16.3. The molecule has 0 atom stereocenters. The van der Waals surface area contributed by atoms with Gasteiger partial charge in [0, 0.05) is 23.5 Å². The van der Waals surface area contributed by atoms with Crippen LogP contribution >= 0.6 is 11.3 Å². The standard InChI is InChI=1S/C18H18N4O2S/c1-2-3-12-24-15-6-4-13(5-7-15)16(23)20-18-22-21-17(25-18)14-8-10-19-11-9-14/h4-11H,2-3,12H2,1H3,(H,20,22,23). The highest BCUT2D eigenvalue weighted by atomic mass is 32.1. The summed E-state index contributed by atoms with van der Waals surface area (Å²) >= 11 is 1.32. The van der Waals surface area contributed by atoms with E-state index in [4.69, 9.17) is 4.74 Å². The van der Waals surface area contributed by atoms with Gasteiger partial charge >= 0.3 is 0 Å². The second kappa shape index (κ2) is 8.34. The Morgan fingerprint density at radius 2 is 1.88 bits per heavy atom. The van der Waals surface area contributed by atoms with E-state index in [1.54, 1.807) is 36.7 Å². The SMILES string of the molecule is CCCCOc1ccc(C(=O)Nc2nnc(-c3ccncc3)s2)cc1. The van der Waals surface area contributed by atoms with Gasteiger partial charge in [0.05, 0.1) is 6.61 Å². The van der Waals surface area contributed by atoms with Crippen LogP contribution in [0.15, 0.2) is 48.8 Å². The molecule has 0 saturated carbocycles. The van der Waals surface area contributed by atoms with Gasteiger partial charge in [0.1, 0.15) is 10.8 Å². The number of carbonyl (C=O) groups is 1. The first-order chi connectivity index (χ1) is 12.3. The lowest BCUT2D eigenvalue weighted by atomic mass is 10.2. The van der Waals surface area contributed by atoms with Gasteiger partial charge in [-0.2, -0.15) is 0 Å². The number of carbonyl (C=O) groups excluding carboxylic acids is 1. The number of benzene rings is 1. The fraction of sp³-hybridized carbons (Fsp3) is 0.222. The van der Waals surface area contributed by atoms with Crippen molar-refractivity contribution >= 4 is 22.4 Å². The number of pyridine rings is 1. The predicted octanol–water partition coefficient (Wildman–Crippen LogP) is 4.03. The second-order valence-electron chi connectivity index (χ2n) is 5.33. The van der Waals surface area contributed by atoms with E-state index in [0.717, 1.165) is 29.2 Å². The van der Waals surface area contributed by atoms with Crippen molar-refractivity contribution in [3.8, 4) is 16.3 Å². The first-order valence-electron chi connectivity index (χ1n) is 8.04. The third-order valence-corrected chi connectivity index (χ3v) is 4.34. The Hall–Kier alpha value is -2.80. The van der Waals surface area contributed by atoms with Crippen LogP contribution in [0.4, 0.5) is 5.13 Å². The quantitative estimate of drug-likeness (QED) is 0.648. The number of amides is 1. The zero-order chi connectivity index (χ0) is 17.5. The molecule has 1 N–H and O–H groups in total. The molecule has 2 aromatic heterocycles. The Kier molecular flexibility index (Phi) is 5.69. The number of unbranched alkanes of at least 4 members (excludes halogenated alkanes) is 1. The van der Waals surface area contributed by atoms with Crippen LogP contribution in [-0.2, 0) is 0 Å². The molecule has 2 heterocycles. The molecule has 0 aliphatic rings. The molecule has 1 aromatic carbocycles. The molecule has 3 aromatic rings. The lowest BCUT2D eigenvalue weighted by molar-refractivity contribution is 0.102. The van der Waals surface area contributed by atoms with E-state index in [0.29, 0.717) is 17.3 Å². The molecule has 0 aliphatic carbocycles. The van der Waals surface area contributed by atoms with Gasteiger partial charge in [-0.25, -0.2) is 0 Å². The molecule has 7 heteroatoms. The lowest BCUT2D eigenvalue weighted by Crippen LogP contribution is -2.11. The van der Waals surface area contributed by atoms with Crippen molar-refractivity contribution < 1.29 is 9.53 Å². The minimum atomic E-state index is -0.225. The third kappa shape index (κ3) is 4.60. The molecule has 0 bridgehead atoms. The van der Waals surface area contributed by atoms with Crippen LogP contribution in [-0.4, -0.2) is 27.7 Å². The Labute approximate surface area is 149 Å². The van der Waals surface area contributed by atoms with E-state index in [2.05, 4.69) is 27.4 Å². The summed E-state index contributed by atoms with van der Waals surface area (Å²) in [6.07, 6.45) is 5.49. The maximum Gasteiger partial charge on any atom is 0.257 e. The normalized spacial score (nSPS) is 10.4. The number of rotatable bonds is 7. The lowest BCUT2D eigenvalue weighted by Gasteiger charge is -2.06. The fourth-order valence-corrected chi connectivity index (χ4v) is 2.84. The van der Waals surface area contributed by atoms with E-state index < -0.39 is 0 Å². The van der Waals surface area contributed by atoms with Crippen LogP contribution in [0.25, 0.3) is 10.6 Å². The van der Waals surface area contributed by atoms with Gasteiger partial charge in [0.25, 0.3) is 5.91 Å². The summed E-state index contributed by atoms with van der Waals surface area (Å²) in [5, 5.41) is 12.1. The molecule has 0 spiro atoms. The summed E-state index contributed by atoms with van der Waals surface area (Å²) < 4.78 is 5.59. The van der Waals surface area contributed by atoms with Gasteiger partial charge in [-0.05, 0) is 42.8 Å². The summed E-state index contributed by atoms with van der Waals surface area (Å²) in [7, 11) is 0. The average molecular weight is 354 g/mol. The number of hydrogen-bond donors (Lipinski definition) is 1. The zero-order valence-electron chi connectivity index (χ0n) is 13.8. The molecule has 0 fully saturated rings. The molecular weight excluding hydrogens is 336 g/mol. The first kappa shape index (κ1) is 17.0. The molecule has 25 heavy (non-hydrogen) atoms. The van der Waals surface area contributed by atoms with Crippen molar-refractivity contribution in [2.75, 3.05) is 11.9 Å². The molecule has 0 radical (unpaired) electrons. The second-order valence-corrected chi connectivity index (χ2v) is 6.31. The number of ether oxygens (including phenoxy) is 1. The van der Waals surface area contributed by atoms with Gasteiger partial charge in [0.2, 0.25) is 5.13 Å². The van der Waals surface area contributed by atoms with Crippen LogP contribution in [0.2, 0.25) is 0 Å². The molecule has 0 aliphatic heterocycles. The van der Waals surface area contributed by atoms with Crippen molar-refractivity contribution in [2.45, 2.75) is 19.8 Å². The van der Waals surface area contributed by atoms with Crippen molar-refractivity contribution in [1.82, 2.24) is 15.2 Å². The Balaban J connectivity index is 1.61. The van der Waals surface area contributed by atoms with Crippen LogP contribution in [0.5, 0.6) is 5.75 Å². The number of nitrogens with one attached hydrogen (secondary N) is 1. The maximum atomic E-state index is 12.3. The minimum Gasteiger partial charge on any atom is -0.494 e. The number of nitrogens with zero attached hydrogens (tertiary/aromatic N) is 3. The Morgan fingerprint density at radius 3 is 2.60 bits per heavy atom. The summed E-state index contributed by atoms with van der Waals surface area (Å²) in [5.74, 6) is 0.540. The summed E-state index contributed by atoms with van der Waals surface area (Å²) in [6.45, 7) is 2.80. The first-order valence-corrected chi connectivity index (χ1v) is 8.86. The van der Waals surface area contributed by atoms with E-state index in [1.807, 2.05) is 12.1 Å². The molecule has 0 unspecified atom stereocenters. The summed E-state index contributed by atoms with van der Waals surface area (Å²) in [5.41, 5.74) is 1.46. The van der Waals surface area contributed by atoms with Crippen LogP contribution in [0, 0.1) is 0 Å². The van der Waals surface area contributed by atoms with E-state index in [-0.39, 0.29) is 5.91 Å². The minimum absolute atomic E-state index is 0.225. The van der Waals surface area contributed by atoms with Gasteiger partial charge in [0.15, 0.2) is 0 Å². The monoisotopic (exact) mass is 354 g/mol. The molecular formula is C18H18N4O2S. The maximum absolute atomic E-state index is 12.3. The van der Waals surface area contributed by atoms with Gasteiger partial charge in [-0.3, -0.25) is 15.1 Å². The number of hydrogen-bond acceptors (Lipinski definition) is 6. The number of anilines is 1. The van der Waals surface area contributed by atoms with Gasteiger partial charge < -0.3 is 4.74 Å². The Bertz CT molecular complexity index is 819. The molecule has 128 valence electrons. The number of aromatic nitrogens is 3. The topological polar surface area (TPSA) is 77.0 Å². The zero-order valence-corrected chi connectivity index (χ0v) is 14.6. The van der Waals surface area contributed by atoms with Crippen molar-refractivity contribution in [3.05, 3.63) is 54.4 Å². The average Bonchev–Trinajstić information content (AvgIpc) is 3.12. The molecule has 3 rings (SSSR count). The van der Waals surface area contributed by atoms with Gasteiger partial charge in [-0.1, -0.05) is 24.7 Å². The highest BCUT2D eigenvalue weighted by molar-refractivity contribution is 7.18. The van der Waals surface area contributed by atoms with Gasteiger partial charge in [-0.15, -0.1) is 10.2 Å². The fourth-order valence-electron chi connectivity index (χ4n) is 2.09. The van der Waals surface area contributed by atoms with E-state index >= 15 is 0 Å². The highest BCUT2D eigenvalue weighted by Crippen LogP contribution is 2.26. The van der Waals surface area contributed by atoms with Crippen LogP contribution in [0.3, 0.4) is 0 Å². The Morgan fingerprint density at radius 1 is 1.12 bits per heavy atom. The van der Waals surface area contributed by atoms with Crippen LogP contribution in [0.1, 0.15) is 30.1 Å². The van der Waals surface area contributed by atoms with Crippen LogP contribution < -0.4 is 10.1 Å². The van der Waals surface area contributed by atoms with Crippen molar-refractivity contribution in [3.63, 3.8) is 0 Å². The molecule has 6 nitrogen and oxygen atoms in total. The largest absolute Gasteiger partial charge is 0.494 e. The van der Waals surface area contributed by atoms with Crippen molar-refractivity contribution in [2.24, 2.45) is 0 Å². The smallest absolute Gasteiger partial charge is 0.257 e. The van der Waals surface area contributed by atoms with E-state index in [1.165, 1.54) is 11.3 Å². The molecule has 0 saturated heterocycles. The predicted molar refractivity (Wildman–Crippen MR) is 97.9 cm³/mol.